The molecule has 0 bridgehead atoms. The molecule has 0 unspecified atom stereocenters. The van der Waals surface area contributed by atoms with Crippen molar-refractivity contribution in [1.29, 1.82) is 0 Å². The van der Waals surface area contributed by atoms with Crippen LogP contribution in [0.2, 0.25) is 170 Å². The van der Waals surface area contributed by atoms with Gasteiger partial charge in [0.1, 0.15) is 0 Å². The summed E-state index contributed by atoms with van der Waals surface area (Å²) in [6, 6.07) is 7.35. The van der Waals surface area contributed by atoms with Crippen LogP contribution >= 0.6 is 0 Å². The Morgan fingerprint density at radius 3 is 0.415 bits per heavy atom. The quantitative estimate of drug-likeness (QED) is 0.0645. The standard InChI is InChI=1S/C78H158O6Si10/c1-85(2,79-91(69-43-23-13-24-44-69,70-45-25-14-26-46-70)71-47-27-15-28-48-71)63-66-88(7,8)82-94(78-61-41-22-42-62-78,83-89(9,10)67-64-86(3,4)80-92(72-49-29-16-30-50-72,73-51-31-17-32-52-73)74-53-33-18-34-54-74)84-90(11,12)68-65-87(5,6)81-93(75-55-35-19-36-56-75,76-57-37-20-38-58-76)77-59-39-21-40-60-77/h69-78H,13-68H2,1-12H3. The molecule has 94 heavy (non-hydrogen) atoms. The summed E-state index contributed by atoms with van der Waals surface area (Å²) in [7, 11) is -23.3. The summed E-state index contributed by atoms with van der Waals surface area (Å²) in [5.74, 6) is 0. The molecule has 10 aliphatic rings. The molecule has 0 N–H and O–H groups in total. The molecule has 0 aromatic rings. The molecule has 0 aromatic heterocycles. The second-order valence-electron chi connectivity index (χ2n) is 39.2. The number of rotatable bonds is 31. The summed E-state index contributed by atoms with van der Waals surface area (Å²) in [6.07, 6.45) is 72.3. The lowest BCUT2D eigenvalue weighted by Gasteiger charge is -2.55. The predicted octanol–water partition coefficient (Wildman–Crippen LogP) is 28.4. The Morgan fingerprint density at radius 2 is 0.277 bits per heavy atom. The minimum absolute atomic E-state index is 0.410. The molecule has 0 amide bonds. The molecule has 0 aromatic carbocycles. The molecule has 0 heterocycles. The van der Waals surface area contributed by atoms with Gasteiger partial charge in [-0.3, -0.25) is 0 Å². The van der Waals surface area contributed by atoms with E-state index < -0.39 is 83.7 Å². The van der Waals surface area contributed by atoms with Crippen molar-refractivity contribution < 1.29 is 24.7 Å². The second-order valence-corrected chi connectivity index (χ2v) is 82.7. The van der Waals surface area contributed by atoms with Crippen molar-refractivity contribution in [3.63, 3.8) is 0 Å². The van der Waals surface area contributed by atoms with E-state index in [1.165, 1.54) is 357 Å². The van der Waals surface area contributed by atoms with Gasteiger partial charge >= 0.3 is 8.80 Å². The first-order chi connectivity index (χ1) is 44.9. The molecule has 6 nitrogen and oxygen atoms in total. The zero-order chi connectivity index (χ0) is 66.6. The third-order valence-electron chi connectivity index (χ3n) is 28.9. The summed E-state index contributed by atoms with van der Waals surface area (Å²) >= 11 is 0. The molecular formula is C78H158O6Si10. The van der Waals surface area contributed by atoms with Crippen molar-refractivity contribution in [2.24, 2.45) is 0 Å². The van der Waals surface area contributed by atoms with Gasteiger partial charge in [-0.05, 0) is 178 Å². The van der Waals surface area contributed by atoms with E-state index in [-0.39, 0.29) is 0 Å². The molecule has 16 heteroatoms. The third-order valence-corrected chi connectivity index (χ3v) is 78.3. The fourth-order valence-electron chi connectivity index (χ4n) is 24.2. The maximum atomic E-state index is 8.67. The fraction of sp³-hybridized carbons (Fsp3) is 1.00. The first-order valence-electron chi connectivity index (χ1n) is 43.1. The highest BCUT2D eigenvalue weighted by molar-refractivity contribution is 6.94. The zero-order valence-corrected chi connectivity index (χ0v) is 74.8. The summed E-state index contributed by atoms with van der Waals surface area (Å²) in [5, 5.41) is 0. The van der Waals surface area contributed by atoms with E-state index >= 15 is 0 Å². The second kappa shape index (κ2) is 35.3. The first-order valence-corrected chi connectivity index (χ1v) is 70.0. The lowest BCUT2D eigenvalue weighted by molar-refractivity contribution is 0.215. The summed E-state index contributed by atoms with van der Waals surface area (Å²) in [4.78, 5) is 0. The molecule has 10 rings (SSSR count). The van der Waals surface area contributed by atoms with E-state index in [2.05, 4.69) is 78.6 Å². The van der Waals surface area contributed by atoms with Gasteiger partial charge in [-0.25, -0.2) is 0 Å². The van der Waals surface area contributed by atoms with Crippen LogP contribution in [0.5, 0.6) is 0 Å². The molecule has 10 fully saturated rings. The van der Waals surface area contributed by atoms with Gasteiger partial charge in [0.25, 0.3) is 0 Å². The average molecular weight is 1470 g/mol. The Balaban J connectivity index is 0.960. The van der Waals surface area contributed by atoms with Crippen LogP contribution in [0, 0.1) is 0 Å². The SMILES string of the molecule is C[Si](C)(CC[Si](C)(C)O[Si](C1CCCCC1)(C1CCCCC1)C1CCCCC1)O[Si](O[Si](C)(C)CC[Si](C)(C)O[Si](C1CCCCC1)(C1CCCCC1)C1CCCCC1)(O[Si](C)(C)CC[Si](C)(C)O[Si](C1CCCCC1)(C1CCCCC1)C1CCCCC1)C1CCCCC1. The van der Waals surface area contributed by atoms with Gasteiger partial charge in [-0.15, -0.1) is 0 Å². The van der Waals surface area contributed by atoms with E-state index in [0.717, 1.165) is 49.9 Å². The molecule has 0 radical (unpaired) electrons. The largest absolute Gasteiger partial charge is 0.472 e. The van der Waals surface area contributed by atoms with Crippen LogP contribution < -0.4 is 0 Å². The van der Waals surface area contributed by atoms with Gasteiger partial charge < -0.3 is 24.7 Å². The van der Waals surface area contributed by atoms with Crippen LogP contribution in [-0.4, -0.2) is 83.7 Å². The Kier molecular flexibility index (Phi) is 29.5. The van der Waals surface area contributed by atoms with Gasteiger partial charge in [0.2, 0.25) is 0 Å². The maximum Gasteiger partial charge on any atom is 0.472 e. The van der Waals surface area contributed by atoms with Crippen LogP contribution in [0.1, 0.15) is 321 Å². The minimum Gasteiger partial charge on any atom is -0.455 e. The highest BCUT2D eigenvalue weighted by Crippen LogP contribution is 2.63. The Hall–Kier alpha value is 1.93. The number of hydrogen-bond donors (Lipinski definition) is 0. The van der Waals surface area contributed by atoms with Gasteiger partial charge in [0.05, 0.1) is 0 Å². The summed E-state index contributed by atoms with van der Waals surface area (Å²) in [6.45, 7) is 32.5. The fourth-order valence-corrected chi connectivity index (χ4v) is 90.4. The highest BCUT2D eigenvalue weighted by Gasteiger charge is 2.63. The van der Waals surface area contributed by atoms with Gasteiger partial charge in [-0.2, -0.15) is 0 Å². The molecule has 546 valence electrons. The molecule has 10 aliphatic carbocycles. The van der Waals surface area contributed by atoms with E-state index in [1.54, 1.807) is 0 Å². The molecule has 0 spiro atoms. The van der Waals surface area contributed by atoms with Crippen LogP contribution in [0.4, 0.5) is 0 Å². The lowest BCUT2D eigenvalue weighted by Crippen LogP contribution is -2.65. The smallest absolute Gasteiger partial charge is 0.455 e. The van der Waals surface area contributed by atoms with Crippen molar-refractivity contribution in [2.45, 2.75) is 491 Å². The molecule has 0 atom stereocenters. The maximum absolute atomic E-state index is 8.67. The Labute approximate surface area is 595 Å². The van der Waals surface area contributed by atoms with Gasteiger partial charge in [-0.1, -0.05) is 308 Å². The van der Waals surface area contributed by atoms with Crippen molar-refractivity contribution in [3.8, 4) is 0 Å². The van der Waals surface area contributed by atoms with Crippen LogP contribution in [0.15, 0.2) is 0 Å². The van der Waals surface area contributed by atoms with Crippen molar-refractivity contribution >= 4 is 83.7 Å². The molecule has 10 saturated carbocycles. The van der Waals surface area contributed by atoms with E-state index in [1.807, 2.05) is 0 Å². The van der Waals surface area contributed by atoms with E-state index in [9.17, 15) is 0 Å². The normalized spacial score (nSPS) is 25.5. The lowest BCUT2D eigenvalue weighted by atomic mass is 9.98. The highest BCUT2D eigenvalue weighted by atomic mass is 28.5. The van der Waals surface area contributed by atoms with E-state index in [4.69, 9.17) is 24.7 Å². The third kappa shape index (κ3) is 20.5. The van der Waals surface area contributed by atoms with E-state index in [0.29, 0.717) is 5.54 Å². The van der Waals surface area contributed by atoms with Crippen LogP contribution in [0.25, 0.3) is 0 Å². The monoisotopic (exact) mass is 1470 g/mol. The number of hydrogen-bond acceptors (Lipinski definition) is 6. The van der Waals surface area contributed by atoms with Crippen LogP contribution in [0.3, 0.4) is 0 Å². The van der Waals surface area contributed by atoms with Crippen molar-refractivity contribution in [2.75, 3.05) is 0 Å². The Morgan fingerprint density at radius 1 is 0.160 bits per heavy atom. The minimum atomic E-state index is -3.34. The van der Waals surface area contributed by atoms with Crippen molar-refractivity contribution in [1.82, 2.24) is 0 Å². The summed E-state index contributed by atoms with van der Waals surface area (Å²) in [5.41, 5.74) is 8.42. The Bertz CT molecular complexity index is 1830. The molecule has 0 saturated heterocycles. The molecular weight excluding hydrogens is 1310 g/mol. The summed E-state index contributed by atoms with van der Waals surface area (Å²) < 4.78 is 52.0. The van der Waals surface area contributed by atoms with Crippen LogP contribution in [-0.2, 0) is 24.7 Å². The van der Waals surface area contributed by atoms with Crippen molar-refractivity contribution in [3.05, 3.63) is 0 Å². The first kappa shape index (κ1) is 78.5. The predicted molar refractivity (Wildman–Crippen MR) is 432 cm³/mol. The molecule has 0 aliphatic heterocycles. The van der Waals surface area contributed by atoms with Gasteiger partial charge in [0, 0.05) is 5.54 Å². The van der Waals surface area contributed by atoms with Gasteiger partial charge in [0.15, 0.2) is 74.9 Å². The topological polar surface area (TPSA) is 55.4 Å². The zero-order valence-electron chi connectivity index (χ0n) is 64.8. The average Bonchev–Trinajstić information content (AvgIpc) is 0.839.